The summed E-state index contributed by atoms with van der Waals surface area (Å²) in [6, 6.07) is 42.1. The summed E-state index contributed by atoms with van der Waals surface area (Å²) in [4.78, 5) is 10.0. The van der Waals surface area contributed by atoms with E-state index in [1.807, 2.05) is 48.8 Å². The van der Waals surface area contributed by atoms with Crippen LogP contribution in [0.3, 0.4) is 0 Å². The van der Waals surface area contributed by atoms with Crippen LogP contribution in [0.5, 0.6) is 0 Å². The highest BCUT2D eigenvalue weighted by Gasteiger charge is 2.24. The predicted molar refractivity (Wildman–Crippen MR) is 180 cm³/mol. The maximum absolute atomic E-state index is 6.68. The fraction of sp³-hybridized carbons (Fsp3) is 0. The largest absolute Gasteiger partial charge is 0.455 e. The third-order valence-corrected chi connectivity index (χ3v) is 8.94. The number of nitrogens with zero attached hydrogens (tertiary/aromatic N) is 2. The molecule has 204 valence electrons. The number of benzene rings is 6. The lowest BCUT2D eigenvalue weighted by Gasteiger charge is -2.18. The van der Waals surface area contributed by atoms with Crippen molar-refractivity contribution in [2.24, 2.45) is 0 Å². The first kappa shape index (κ1) is 23.6. The van der Waals surface area contributed by atoms with Crippen LogP contribution in [0.4, 0.5) is 0 Å². The fourth-order valence-corrected chi connectivity index (χ4v) is 7.09. The second-order valence-electron chi connectivity index (χ2n) is 11.3. The van der Waals surface area contributed by atoms with Crippen LogP contribution in [0.2, 0.25) is 0 Å². The molecule has 6 aromatic carbocycles. The standard InChI is InChI=1S/C40H22N2O2/c1-3-14-27-25(12-1)34(23-10-9-21-41-22-23)26-13-2-4-15-28(26)35(27)38-36-30-16-6-8-18-33(30)43-39(36)31-20-19-29-24-11-5-7-17-32(24)44-40(29)37(31)42-38/h1-22H. The van der Waals surface area contributed by atoms with Gasteiger partial charge in [0.25, 0.3) is 0 Å². The van der Waals surface area contributed by atoms with E-state index in [4.69, 9.17) is 13.8 Å². The highest BCUT2D eigenvalue weighted by atomic mass is 16.3. The molecule has 0 atom stereocenters. The Labute approximate surface area is 250 Å². The van der Waals surface area contributed by atoms with Crippen LogP contribution in [0.25, 0.3) is 98.7 Å². The average molecular weight is 563 g/mol. The first-order chi connectivity index (χ1) is 21.8. The molecular weight excluding hydrogens is 540 g/mol. The van der Waals surface area contributed by atoms with Crippen LogP contribution in [0, 0.1) is 0 Å². The Hall–Kier alpha value is -6.00. The van der Waals surface area contributed by atoms with Crippen molar-refractivity contribution in [3.8, 4) is 22.4 Å². The van der Waals surface area contributed by atoms with Gasteiger partial charge < -0.3 is 8.83 Å². The molecule has 0 spiro atoms. The van der Waals surface area contributed by atoms with Gasteiger partial charge >= 0.3 is 0 Å². The number of fused-ring (bicyclic) bond motifs is 11. The van der Waals surface area contributed by atoms with Crippen LogP contribution >= 0.6 is 0 Å². The quantitative estimate of drug-likeness (QED) is 0.197. The predicted octanol–water partition coefficient (Wildman–Crippen LogP) is 11.1. The van der Waals surface area contributed by atoms with Gasteiger partial charge in [0, 0.05) is 45.1 Å². The molecule has 0 unspecified atom stereocenters. The summed E-state index contributed by atoms with van der Waals surface area (Å²) >= 11 is 0. The minimum absolute atomic E-state index is 0.771. The van der Waals surface area contributed by atoms with Gasteiger partial charge in [0.05, 0.1) is 11.1 Å². The molecule has 0 bridgehead atoms. The Morgan fingerprint density at radius 2 is 1.00 bits per heavy atom. The summed E-state index contributed by atoms with van der Waals surface area (Å²) in [5.41, 5.74) is 8.28. The highest BCUT2D eigenvalue weighted by molar-refractivity contribution is 6.29. The monoisotopic (exact) mass is 562 g/mol. The van der Waals surface area contributed by atoms with Crippen molar-refractivity contribution in [3.63, 3.8) is 0 Å². The van der Waals surface area contributed by atoms with Gasteiger partial charge in [-0.3, -0.25) is 4.98 Å². The third-order valence-electron chi connectivity index (χ3n) is 8.94. The van der Waals surface area contributed by atoms with Crippen LogP contribution in [0.1, 0.15) is 0 Å². The molecule has 0 aliphatic rings. The van der Waals surface area contributed by atoms with E-state index in [0.717, 1.165) is 93.1 Å². The summed E-state index contributed by atoms with van der Waals surface area (Å²) in [7, 11) is 0. The van der Waals surface area contributed by atoms with E-state index in [9.17, 15) is 0 Å². The third kappa shape index (κ3) is 3.11. The van der Waals surface area contributed by atoms with Crippen molar-refractivity contribution in [2.45, 2.75) is 0 Å². The Kier molecular flexibility index (Phi) is 4.69. The van der Waals surface area contributed by atoms with Crippen molar-refractivity contribution in [2.75, 3.05) is 0 Å². The fourth-order valence-electron chi connectivity index (χ4n) is 7.09. The summed E-state index contributed by atoms with van der Waals surface area (Å²) in [6.07, 6.45) is 3.77. The van der Waals surface area contributed by atoms with Crippen molar-refractivity contribution < 1.29 is 8.83 Å². The van der Waals surface area contributed by atoms with Crippen molar-refractivity contribution in [3.05, 3.63) is 134 Å². The molecule has 10 rings (SSSR count). The molecule has 10 aromatic rings. The minimum atomic E-state index is 0.771. The summed E-state index contributed by atoms with van der Waals surface area (Å²) in [5, 5.41) is 9.66. The zero-order chi connectivity index (χ0) is 28.8. The maximum atomic E-state index is 6.68. The number of furan rings is 2. The molecule has 0 aliphatic carbocycles. The Morgan fingerprint density at radius 1 is 0.432 bits per heavy atom. The van der Waals surface area contributed by atoms with Gasteiger partial charge in [-0.1, -0.05) is 91.0 Å². The second-order valence-corrected chi connectivity index (χ2v) is 11.3. The number of para-hydroxylation sites is 2. The molecular formula is C40H22N2O2. The van der Waals surface area contributed by atoms with E-state index in [-0.39, 0.29) is 0 Å². The zero-order valence-corrected chi connectivity index (χ0v) is 23.4. The smallest absolute Gasteiger partial charge is 0.161 e. The molecule has 4 nitrogen and oxygen atoms in total. The number of pyridine rings is 2. The van der Waals surface area contributed by atoms with Gasteiger partial charge in [0.2, 0.25) is 0 Å². The Morgan fingerprint density at radius 3 is 1.68 bits per heavy atom. The van der Waals surface area contributed by atoms with Gasteiger partial charge in [-0.2, -0.15) is 0 Å². The lowest BCUT2D eigenvalue weighted by Crippen LogP contribution is -1.94. The molecule has 0 aliphatic heterocycles. The lowest BCUT2D eigenvalue weighted by molar-refractivity contribution is 0.668. The number of rotatable bonds is 2. The van der Waals surface area contributed by atoms with E-state index in [0.29, 0.717) is 0 Å². The lowest BCUT2D eigenvalue weighted by atomic mass is 9.86. The second kappa shape index (κ2) is 8.76. The first-order valence-electron chi connectivity index (χ1n) is 14.7. The van der Waals surface area contributed by atoms with Crippen LogP contribution < -0.4 is 0 Å². The Bertz CT molecular complexity index is 2720. The van der Waals surface area contributed by atoms with Crippen LogP contribution in [-0.2, 0) is 0 Å². The van der Waals surface area contributed by atoms with Gasteiger partial charge in [0.15, 0.2) is 5.58 Å². The highest BCUT2D eigenvalue weighted by Crippen LogP contribution is 2.48. The number of hydrogen-bond acceptors (Lipinski definition) is 4. The molecule has 4 aromatic heterocycles. The summed E-state index contributed by atoms with van der Waals surface area (Å²) in [6.45, 7) is 0. The van der Waals surface area contributed by atoms with Gasteiger partial charge in [-0.25, -0.2) is 4.98 Å². The molecule has 0 saturated carbocycles. The first-order valence-corrected chi connectivity index (χ1v) is 14.7. The van der Waals surface area contributed by atoms with Crippen molar-refractivity contribution in [1.82, 2.24) is 9.97 Å². The topological polar surface area (TPSA) is 52.1 Å². The molecule has 44 heavy (non-hydrogen) atoms. The minimum Gasteiger partial charge on any atom is -0.455 e. The maximum Gasteiger partial charge on any atom is 0.161 e. The van der Waals surface area contributed by atoms with Gasteiger partial charge in [-0.15, -0.1) is 0 Å². The summed E-state index contributed by atoms with van der Waals surface area (Å²) in [5.74, 6) is 0. The van der Waals surface area contributed by atoms with Crippen molar-refractivity contribution in [1.29, 1.82) is 0 Å². The van der Waals surface area contributed by atoms with E-state index < -0.39 is 0 Å². The average Bonchev–Trinajstić information content (AvgIpc) is 3.67. The Balaban J connectivity index is 1.46. The molecule has 0 saturated heterocycles. The van der Waals surface area contributed by atoms with E-state index in [2.05, 4.69) is 89.9 Å². The molecule has 4 heteroatoms. The van der Waals surface area contributed by atoms with Crippen molar-refractivity contribution >= 4 is 76.3 Å². The normalized spacial score (nSPS) is 12.1. The number of aromatic nitrogens is 2. The molecule has 4 heterocycles. The SMILES string of the molecule is c1cncc(-c2c3ccccc3c(-c3nc4c(ccc5c6ccccc6oc54)c4oc5ccccc5c34)c3ccccc23)c1. The molecule has 0 radical (unpaired) electrons. The molecule has 0 fully saturated rings. The van der Waals surface area contributed by atoms with Crippen LogP contribution in [-0.4, -0.2) is 9.97 Å². The molecule has 0 amide bonds. The van der Waals surface area contributed by atoms with E-state index >= 15 is 0 Å². The zero-order valence-electron chi connectivity index (χ0n) is 23.4. The van der Waals surface area contributed by atoms with Crippen LogP contribution in [0.15, 0.2) is 143 Å². The van der Waals surface area contributed by atoms with E-state index in [1.54, 1.807) is 0 Å². The molecule has 0 N–H and O–H groups in total. The van der Waals surface area contributed by atoms with Gasteiger partial charge in [-0.05, 0) is 57.4 Å². The van der Waals surface area contributed by atoms with Gasteiger partial charge in [0.1, 0.15) is 22.3 Å². The number of hydrogen-bond donors (Lipinski definition) is 0. The summed E-state index contributed by atoms with van der Waals surface area (Å²) < 4.78 is 13.2. The van der Waals surface area contributed by atoms with E-state index in [1.165, 1.54) is 5.56 Å².